The smallest absolute Gasteiger partial charge is 0.320 e. The Morgan fingerprint density at radius 1 is 1.13 bits per heavy atom. The van der Waals surface area contributed by atoms with Gasteiger partial charge >= 0.3 is 6.03 Å². The molecule has 23 heavy (non-hydrogen) atoms. The maximum atomic E-state index is 11.7. The molecule has 0 spiro atoms. The summed E-state index contributed by atoms with van der Waals surface area (Å²) >= 11 is 0. The molecule has 2 N–H and O–H groups in total. The minimum absolute atomic E-state index is 0.265. The van der Waals surface area contributed by atoms with Crippen LogP contribution < -0.4 is 10.6 Å². The van der Waals surface area contributed by atoms with Crippen LogP contribution in [0, 0.1) is 6.92 Å². The number of hydrogen-bond acceptors (Lipinski definition) is 4. The fourth-order valence-electron chi connectivity index (χ4n) is 2.47. The largest absolute Gasteiger partial charge is 0.338 e. The van der Waals surface area contributed by atoms with E-state index in [0.29, 0.717) is 12.4 Å². The molecule has 116 valence electrons. The predicted molar refractivity (Wildman–Crippen MR) is 90.2 cm³/mol. The molecule has 0 radical (unpaired) electrons. The average molecular weight is 307 g/mol. The molecule has 0 aliphatic rings. The SMILES string of the molecule is CCNC(=O)Nc1cc2c(-c3ccnnc3)ccc(C)c2cn1. The van der Waals surface area contributed by atoms with Crippen molar-refractivity contribution in [1.82, 2.24) is 20.5 Å². The van der Waals surface area contributed by atoms with E-state index in [4.69, 9.17) is 0 Å². The van der Waals surface area contributed by atoms with Gasteiger partial charge in [-0.3, -0.25) is 5.32 Å². The zero-order chi connectivity index (χ0) is 16.2. The summed E-state index contributed by atoms with van der Waals surface area (Å²) in [6.07, 6.45) is 5.17. The number of urea groups is 1. The highest BCUT2D eigenvalue weighted by atomic mass is 16.2. The van der Waals surface area contributed by atoms with Gasteiger partial charge in [-0.25, -0.2) is 9.78 Å². The topological polar surface area (TPSA) is 79.8 Å². The molecule has 2 heterocycles. The number of rotatable bonds is 3. The van der Waals surface area contributed by atoms with Crippen molar-refractivity contribution in [1.29, 1.82) is 0 Å². The molecule has 2 aromatic heterocycles. The van der Waals surface area contributed by atoms with E-state index in [1.54, 1.807) is 18.6 Å². The molecule has 0 bridgehead atoms. The molecule has 0 saturated heterocycles. The maximum Gasteiger partial charge on any atom is 0.320 e. The first kappa shape index (κ1) is 14.9. The Hall–Kier alpha value is -3.02. The molecule has 0 aliphatic carbocycles. The molecule has 3 rings (SSSR count). The Labute approximate surface area is 134 Å². The van der Waals surface area contributed by atoms with E-state index in [0.717, 1.165) is 27.5 Å². The van der Waals surface area contributed by atoms with Gasteiger partial charge < -0.3 is 5.32 Å². The molecule has 0 aliphatic heterocycles. The number of benzene rings is 1. The van der Waals surface area contributed by atoms with Crippen molar-refractivity contribution in [2.24, 2.45) is 0 Å². The lowest BCUT2D eigenvalue weighted by molar-refractivity contribution is 0.252. The number of amides is 2. The second-order valence-corrected chi connectivity index (χ2v) is 5.16. The van der Waals surface area contributed by atoms with E-state index in [9.17, 15) is 4.79 Å². The molecular formula is C17H17N5O. The number of pyridine rings is 1. The van der Waals surface area contributed by atoms with Crippen molar-refractivity contribution in [3.8, 4) is 11.1 Å². The lowest BCUT2D eigenvalue weighted by Gasteiger charge is -2.11. The molecule has 0 saturated carbocycles. The molecule has 6 heteroatoms. The van der Waals surface area contributed by atoms with Crippen LogP contribution in [0.5, 0.6) is 0 Å². The van der Waals surface area contributed by atoms with E-state index < -0.39 is 0 Å². The second kappa shape index (κ2) is 6.39. The van der Waals surface area contributed by atoms with E-state index in [1.807, 2.05) is 32.0 Å². The Morgan fingerprint density at radius 2 is 2.00 bits per heavy atom. The van der Waals surface area contributed by atoms with Crippen molar-refractivity contribution in [2.45, 2.75) is 13.8 Å². The minimum atomic E-state index is -0.265. The summed E-state index contributed by atoms with van der Waals surface area (Å²) in [5.74, 6) is 0.511. The normalized spacial score (nSPS) is 10.5. The summed E-state index contributed by atoms with van der Waals surface area (Å²) in [6, 6.07) is 7.63. The van der Waals surface area contributed by atoms with Gasteiger partial charge in [-0.05, 0) is 42.5 Å². The van der Waals surface area contributed by atoms with Crippen molar-refractivity contribution in [3.05, 3.63) is 48.4 Å². The summed E-state index contributed by atoms with van der Waals surface area (Å²) in [6.45, 7) is 4.47. The third-order valence-electron chi connectivity index (χ3n) is 3.59. The number of carbonyl (C=O) groups is 1. The molecule has 3 aromatic rings. The fourth-order valence-corrected chi connectivity index (χ4v) is 2.47. The Morgan fingerprint density at radius 3 is 2.74 bits per heavy atom. The zero-order valence-corrected chi connectivity index (χ0v) is 13.0. The second-order valence-electron chi connectivity index (χ2n) is 5.16. The van der Waals surface area contributed by atoms with Gasteiger partial charge in [0.2, 0.25) is 0 Å². The highest BCUT2D eigenvalue weighted by Gasteiger charge is 2.09. The highest BCUT2D eigenvalue weighted by molar-refractivity contribution is 6.00. The summed E-state index contributed by atoms with van der Waals surface area (Å²) < 4.78 is 0. The lowest BCUT2D eigenvalue weighted by Crippen LogP contribution is -2.28. The lowest BCUT2D eigenvalue weighted by atomic mass is 9.98. The third kappa shape index (κ3) is 3.11. The van der Waals surface area contributed by atoms with Crippen molar-refractivity contribution in [2.75, 3.05) is 11.9 Å². The third-order valence-corrected chi connectivity index (χ3v) is 3.59. The van der Waals surface area contributed by atoms with Gasteiger partial charge in [0.05, 0.1) is 12.4 Å². The van der Waals surface area contributed by atoms with E-state index in [2.05, 4.69) is 31.9 Å². The number of hydrogen-bond donors (Lipinski definition) is 2. The standard InChI is InChI=1S/C17H17N5O/c1-3-18-17(23)22-16-8-14-13(12-6-7-20-21-9-12)5-4-11(2)15(14)10-19-16/h4-10H,3H2,1-2H3,(H2,18,19,22,23). The molecule has 1 aromatic carbocycles. The van der Waals surface area contributed by atoms with Gasteiger partial charge in [0, 0.05) is 23.7 Å². The van der Waals surface area contributed by atoms with Gasteiger partial charge in [-0.1, -0.05) is 12.1 Å². The average Bonchev–Trinajstić information content (AvgIpc) is 2.56. The number of fused-ring (bicyclic) bond motifs is 1. The minimum Gasteiger partial charge on any atom is -0.338 e. The Bertz CT molecular complexity index is 848. The summed E-state index contributed by atoms with van der Waals surface area (Å²) in [4.78, 5) is 16.0. The molecule has 2 amide bonds. The van der Waals surface area contributed by atoms with Gasteiger partial charge in [-0.2, -0.15) is 10.2 Å². The van der Waals surface area contributed by atoms with Crippen molar-refractivity contribution < 1.29 is 4.79 Å². The van der Waals surface area contributed by atoms with Crippen LogP contribution in [-0.4, -0.2) is 27.8 Å². The summed E-state index contributed by atoms with van der Waals surface area (Å²) in [5.41, 5.74) is 3.13. The van der Waals surface area contributed by atoms with Crippen LogP contribution in [0.1, 0.15) is 12.5 Å². The number of nitrogens with zero attached hydrogens (tertiary/aromatic N) is 3. The van der Waals surface area contributed by atoms with Crippen LogP contribution in [0.25, 0.3) is 21.9 Å². The fraction of sp³-hybridized carbons (Fsp3) is 0.176. The van der Waals surface area contributed by atoms with Gasteiger partial charge in [0.25, 0.3) is 0 Å². The van der Waals surface area contributed by atoms with Crippen LogP contribution in [0.15, 0.2) is 42.9 Å². The van der Waals surface area contributed by atoms with E-state index in [1.165, 1.54) is 0 Å². The Balaban J connectivity index is 2.10. The maximum absolute atomic E-state index is 11.7. The van der Waals surface area contributed by atoms with Crippen molar-refractivity contribution >= 4 is 22.6 Å². The van der Waals surface area contributed by atoms with E-state index in [-0.39, 0.29) is 6.03 Å². The van der Waals surface area contributed by atoms with E-state index >= 15 is 0 Å². The molecule has 6 nitrogen and oxygen atoms in total. The van der Waals surface area contributed by atoms with Gasteiger partial charge in [0.15, 0.2) is 0 Å². The predicted octanol–water partition coefficient (Wildman–Crippen LogP) is 3.14. The van der Waals surface area contributed by atoms with Crippen LogP contribution in [0.4, 0.5) is 10.6 Å². The molecule has 0 unspecified atom stereocenters. The van der Waals surface area contributed by atoms with Crippen molar-refractivity contribution in [3.63, 3.8) is 0 Å². The van der Waals surface area contributed by atoms with Crippen LogP contribution >= 0.6 is 0 Å². The molecule has 0 atom stereocenters. The number of anilines is 1. The summed E-state index contributed by atoms with van der Waals surface area (Å²) in [7, 11) is 0. The quantitative estimate of drug-likeness (QED) is 0.779. The summed E-state index contributed by atoms with van der Waals surface area (Å²) in [5, 5.41) is 15.2. The van der Waals surface area contributed by atoms with Crippen LogP contribution in [0.2, 0.25) is 0 Å². The number of nitrogens with one attached hydrogen (secondary N) is 2. The first-order valence-corrected chi connectivity index (χ1v) is 7.40. The number of aromatic nitrogens is 3. The molecule has 0 fully saturated rings. The van der Waals surface area contributed by atoms with Gasteiger partial charge in [0.1, 0.15) is 5.82 Å². The monoisotopic (exact) mass is 307 g/mol. The number of aryl methyl sites for hydroxylation is 1. The first-order chi connectivity index (χ1) is 11.2. The number of carbonyl (C=O) groups excluding carboxylic acids is 1. The first-order valence-electron chi connectivity index (χ1n) is 7.40. The molecular weight excluding hydrogens is 290 g/mol. The highest BCUT2D eigenvalue weighted by Crippen LogP contribution is 2.31. The van der Waals surface area contributed by atoms with Gasteiger partial charge in [-0.15, -0.1) is 0 Å². The van der Waals surface area contributed by atoms with Crippen LogP contribution in [-0.2, 0) is 0 Å². The zero-order valence-electron chi connectivity index (χ0n) is 13.0. The van der Waals surface area contributed by atoms with Crippen LogP contribution in [0.3, 0.4) is 0 Å². The Kier molecular flexibility index (Phi) is 4.14.